The lowest BCUT2D eigenvalue weighted by atomic mass is 9.99. The van der Waals surface area contributed by atoms with Crippen molar-refractivity contribution in [3.8, 4) is 5.75 Å². The lowest BCUT2D eigenvalue weighted by Crippen LogP contribution is -2.45. The van der Waals surface area contributed by atoms with Crippen LogP contribution in [0.3, 0.4) is 0 Å². The number of rotatable bonds is 8. The molecule has 0 bridgehead atoms. The number of nitrogens with zero attached hydrogens (tertiary/aromatic N) is 1. The summed E-state index contributed by atoms with van der Waals surface area (Å²) in [5, 5.41) is 3.09. The van der Waals surface area contributed by atoms with Crippen LogP contribution in [0.2, 0.25) is 5.02 Å². The number of methoxy groups -OCH3 is 1. The summed E-state index contributed by atoms with van der Waals surface area (Å²) in [6.45, 7) is 3.45. The summed E-state index contributed by atoms with van der Waals surface area (Å²) in [7, 11) is -2.25. The van der Waals surface area contributed by atoms with Crippen molar-refractivity contribution in [3.05, 3.63) is 23.2 Å². The Bertz CT molecular complexity index is 726. The Labute approximate surface area is 159 Å². The number of amides is 1. The Morgan fingerprint density at radius 3 is 2.88 bits per heavy atom. The van der Waals surface area contributed by atoms with Crippen LogP contribution in [0.4, 0.5) is 0 Å². The predicted octanol–water partition coefficient (Wildman–Crippen LogP) is 1.90. The summed E-state index contributed by atoms with van der Waals surface area (Å²) >= 11 is 6.00. The molecule has 1 aliphatic heterocycles. The first-order valence-corrected chi connectivity index (χ1v) is 10.4. The molecule has 0 aliphatic carbocycles. The number of hydrogen-bond acceptors (Lipinski definition) is 5. The van der Waals surface area contributed by atoms with Crippen molar-refractivity contribution in [1.82, 2.24) is 9.62 Å². The smallest absolute Gasteiger partial charge is 0.246 e. The monoisotopic (exact) mass is 404 g/mol. The molecule has 1 aliphatic rings. The van der Waals surface area contributed by atoms with Crippen molar-refractivity contribution < 1.29 is 22.7 Å². The first-order chi connectivity index (χ1) is 12.4. The van der Waals surface area contributed by atoms with E-state index in [1.165, 1.54) is 10.4 Å². The largest absolute Gasteiger partial charge is 0.492 e. The minimum Gasteiger partial charge on any atom is -0.492 e. The van der Waals surface area contributed by atoms with E-state index < -0.39 is 10.0 Å². The van der Waals surface area contributed by atoms with E-state index in [1.807, 2.05) is 0 Å². The van der Waals surface area contributed by atoms with Crippen LogP contribution in [-0.4, -0.2) is 58.6 Å². The highest BCUT2D eigenvalue weighted by Crippen LogP contribution is 2.32. The zero-order valence-electron chi connectivity index (χ0n) is 15.0. The fourth-order valence-corrected chi connectivity index (χ4v) is 4.81. The first-order valence-electron chi connectivity index (χ1n) is 8.59. The Balaban J connectivity index is 2.18. The van der Waals surface area contributed by atoms with Crippen molar-refractivity contribution in [2.75, 3.05) is 40.0 Å². The molecule has 1 amide bonds. The summed E-state index contributed by atoms with van der Waals surface area (Å²) < 4.78 is 37.9. The predicted molar refractivity (Wildman–Crippen MR) is 99.0 cm³/mol. The molecule has 1 N–H and O–H groups in total. The van der Waals surface area contributed by atoms with E-state index in [2.05, 4.69) is 5.32 Å². The van der Waals surface area contributed by atoms with Gasteiger partial charge in [0.2, 0.25) is 15.9 Å². The highest BCUT2D eigenvalue weighted by Gasteiger charge is 2.34. The number of ether oxygens (including phenoxy) is 2. The van der Waals surface area contributed by atoms with Crippen LogP contribution in [0.25, 0.3) is 0 Å². The summed E-state index contributed by atoms with van der Waals surface area (Å²) in [4.78, 5) is 12.3. The second-order valence-corrected chi connectivity index (χ2v) is 8.35. The van der Waals surface area contributed by atoms with E-state index in [9.17, 15) is 13.2 Å². The number of carbonyl (C=O) groups excluding carboxylic acids is 1. The van der Waals surface area contributed by atoms with Gasteiger partial charge in [-0.2, -0.15) is 4.31 Å². The maximum Gasteiger partial charge on any atom is 0.246 e. The normalized spacial score (nSPS) is 18.5. The molecule has 2 rings (SSSR count). The zero-order chi connectivity index (χ0) is 19.2. The lowest BCUT2D eigenvalue weighted by Gasteiger charge is -2.31. The highest BCUT2D eigenvalue weighted by atomic mass is 35.5. The van der Waals surface area contributed by atoms with Gasteiger partial charge < -0.3 is 14.8 Å². The Morgan fingerprint density at radius 1 is 1.42 bits per heavy atom. The Hall–Kier alpha value is -1.35. The Kier molecular flexibility index (Phi) is 7.69. The van der Waals surface area contributed by atoms with Gasteiger partial charge in [-0.1, -0.05) is 11.6 Å². The van der Waals surface area contributed by atoms with Gasteiger partial charge in [0.25, 0.3) is 0 Å². The minimum absolute atomic E-state index is 0.0345. The maximum atomic E-state index is 13.1. The van der Waals surface area contributed by atoms with Gasteiger partial charge in [0.05, 0.1) is 19.1 Å². The van der Waals surface area contributed by atoms with Gasteiger partial charge in [0.1, 0.15) is 10.6 Å². The molecule has 0 aromatic heterocycles. The van der Waals surface area contributed by atoms with Crippen molar-refractivity contribution in [3.63, 3.8) is 0 Å². The molecular weight excluding hydrogens is 380 g/mol. The van der Waals surface area contributed by atoms with Gasteiger partial charge >= 0.3 is 0 Å². The van der Waals surface area contributed by atoms with Crippen molar-refractivity contribution in [1.29, 1.82) is 0 Å². The average Bonchev–Trinajstić information content (AvgIpc) is 2.63. The van der Waals surface area contributed by atoms with Crippen LogP contribution < -0.4 is 10.1 Å². The molecule has 1 aromatic carbocycles. The molecular formula is C17H25ClN2O5S. The molecule has 146 valence electrons. The molecule has 1 atom stereocenters. The van der Waals surface area contributed by atoms with Crippen molar-refractivity contribution in [2.45, 2.75) is 24.7 Å². The third-order valence-corrected chi connectivity index (χ3v) is 6.31. The quantitative estimate of drug-likeness (QED) is 0.669. The number of piperidine rings is 1. The Morgan fingerprint density at radius 2 is 2.19 bits per heavy atom. The summed E-state index contributed by atoms with van der Waals surface area (Å²) in [6, 6.07) is 4.54. The molecule has 0 saturated carbocycles. The number of halogens is 1. The molecule has 1 unspecified atom stereocenters. The zero-order valence-corrected chi connectivity index (χ0v) is 16.6. The molecule has 7 nitrogen and oxygen atoms in total. The van der Waals surface area contributed by atoms with E-state index in [0.717, 1.165) is 0 Å². The highest BCUT2D eigenvalue weighted by molar-refractivity contribution is 7.89. The van der Waals surface area contributed by atoms with Gasteiger partial charge in [-0.15, -0.1) is 0 Å². The summed E-state index contributed by atoms with van der Waals surface area (Å²) in [5.41, 5.74) is 0. The summed E-state index contributed by atoms with van der Waals surface area (Å²) in [6.07, 6.45) is 1.27. The van der Waals surface area contributed by atoms with E-state index >= 15 is 0 Å². The SMILES string of the molecule is CCOc1ccc(Cl)cc1S(=O)(=O)N1CCCC(C(=O)NCCOC)C1. The molecule has 9 heteroatoms. The van der Waals surface area contributed by atoms with Gasteiger partial charge in [-0.3, -0.25) is 4.79 Å². The molecule has 1 saturated heterocycles. The third kappa shape index (κ3) is 5.09. The second-order valence-electron chi connectivity index (χ2n) is 6.01. The number of hydrogen-bond donors (Lipinski definition) is 1. The molecule has 1 aromatic rings. The first kappa shape index (κ1) is 21.0. The molecule has 0 spiro atoms. The second kappa shape index (κ2) is 9.55. The van der Waals surface area contributed by atoms with Crippen LogP contribution in [0.1, 0.15) is 19.8 Å². The van der Waals surface area contributed by atoms with Crippen LogP contribution in [0.5, 0.6) is 5.75 Å². The van der Waals surface area contributed by atoms with E-state index in [4.69, 9.17) is 21.1 Å². The molecule has 1 fully saturated rings. The van der Waals surface area contributed by atoms with Crippen molar-refractivity contribution in [2.24, 2.45) is 5.92 Å². The standard InChI is InChI=1S/C17H25ClN2O5S/c1-3-25-15-7-6-14(18)11-16(15)26(22,23)20-9-4-5-13(12-20)17(21)19-8-10-24-2/h6-7,11,13H,3-5,8-10,12H2,1-2H3,(H,19,21). The third-order valence-electron chi connectivity index (χ3n) is 4.18. The van der Waals surface area contributed by atoms with Gasteiger partial charge in [0.15, 0.2) is 0 Å². The molecule has 26 heavy (non-hydrogen) atoms. The maximum absolute atomic E-state index is 13.1. The molecule has 1 heterocycles. The number of nitrogens with one attached hydrogen (secondary N) is 1. The van der Waals surface area contributed by atoms with E-state index in [-0.39, 0.29) is 29.0 Å². The fraction of sp³-hybridized carbons (Fsp3) is 0.588. The van der Waals surface area contributed by atoms with Crippen molar-refractivity contribution >= 4 is 27.5 Å². The minimum atomic E-state index is -3.81. The van der Waals surface area contributed by atoms with Gasteiger partial charge in [-0.05, 0) is 38.0 Å². The van der Waals surface area contributed by atoms with Gasteiger partial charge in [-0.25, -0.2) is 8.42 Å². The number of carbonyl (C=O) groups is 1. The van der Waals surface area contributed by atoms with E-state index in [1.54, 1.807) is 26.2 Å². The topological polar surface area (TPSA) is 84.9 Å². The number of benzene rings is 1. The fourth-order valence-electron chi connectivity index (χ4n) is 2.89. The lowest BCUT2D eigenvalue weighted by molar-refractivity contribution is -0.126. The van der Waals surface area contributed by atoms with Crippen LogP contribution in [-0.2, 0) is 19.6 Å². The van der Waals surface area contributed by atoms with Crippen LogP contribution >= 0.6 is 11.6 Å². The average molecular weight is 405 g/mol. The van der Waals surface area contributed by atoms with Crippen LogP contribution in [0, 0.1) is 5.92 Å². The summed E-state index contributed by atoms with van der Waals surface area (Å²) in [5.74, 6) is -0.272. The van der Waals surface area contributed by atoms with Crippen LogP contribution in [0.15, 0.2) is 23.1 Å². The molecule has 0 radical (unpaired) electrons. The van der Waals surface area contributed by atoms with E-state index in [0.29, 0.717) is 44.2 Å². The number of sulfonamides is 1. The van der Waals surface area contributed by atoms with Gasteiger partial charge in [0, 0.05) is 31.8 Å².